The Balaban J connectivity index is 1.64. The predicted octanol–water partition coefficient (Wildman–Crippen LogP) is 2.36. The Labute approximate surface area is 148 Å². The maximum absolute atomic E-state index is 12.7. The van der Waals surface area contributed by atoms with Crippen molar-refractivity contribution in [3.05, 3.63) is 35.9 Å². The summed E-state index contributed by atoms with van der Waals surface area (Å²) < 4.78 is 10.3. The summed E-state index contributed by atoms with van der Waals surface area (Å²) in [5, 5.41) is 2.96. The molecule has 6 nitrogen and oxygen atoms in total. The lowest BCUT2D eigenvalue weighted by Gasteiger charge is -2.47. The number of likely N-dealkylation sites (tertiary alicyclic amines) is 1. The van der Waals surface area contributed by atoms with E-state index in [1.54, 1.807) is 0 Å². The maximum atomic E-state index is 12.7. The molecule has 3 rings (SSSR count). The van der Waals surface area contributed by atoms with Crippen molar-refractivity contribution >= 4 is 12.0 Å². The molecule has 2 heterocycles. The van der Waals surface area contributed by atoms with Gasteiger partial charge in [-0.2, -0.15) is 0 Å². The van der Waals surface area contributed by atoms with Gasteiger partial charge in [-0.1, -0.05) is 37.3 Å². The third kappa shape index (κ3) is 3.49. The van der Waals surface area contributed by atoms with E-state index in [-0.39, 0.29) is 24.6 Å². The molecule has 0 radical (unpaired) electrons. The van der Waals surface area contributed by atoms with Crippen molar-refractivity contribution in [3.8, 4) is 0 Å². The van der Waals surface area contributed by atoms with Crippen LogP contribution in [0.15, 0.2) is 30.3 Å². The lowest BCUT2D eigenvalue weighted by Crippen LogP contribution is -2.57. The molecule has 0 aromatic heterocycles. The molecule has 2 amide bonds. The fraction of sp³-hybridized carbons (Fsp3) is 0.579. The molecule has 1 aromatic carbocycles. The Morgan fingerprint density at radius 1 is 1.28 bits per heavy atom. The van der Waals surface area contributed by atoms with E-state index in [1.165, 1.54) is 7.11 Å². The molecule has 0 unspecified atom stereocenters. The second kappa shape index (κ2) is 7.44. The monoisotopic (exact) mass is 346 g/mol. The highest BCUT2D eigenvalue weighted by Crippen LogP contribution is 2.38. The molecule has 0 bridgehead atoms. The number of urea groups is 1. The van der Waals surface area contributed by atoms with Crippen LogP contribution >= 0.6 is 0 Å². The fourth-order valence-corrected chi connectivity index (χ4v) is 3.84. The number of carbonyl (C=O) groups excluding carboxylic acids is 2. The SMILES string of the molecule is COC(=O)C1(CNC(=O)N2C[C@H](C)[C@H]2c2ccccc2)CCOCC1. The second-order valence-electron chi connectivity index (χ2n) is 7.03. The van der Waals surface area contributed by atoms with Gasteiger partial charge in [-0.25, -0.2) is 4.79 Å². The minimum Gasteiger partial charge on any atom is -0.469 e. The van der Waals surface area contributed by atoms with E-state index in [0.29, 0.717) is 32.0 Å². The lowest BCUT2D eigenvalue weighted by atomic mass is 9.80. The number of carbonyl (C=O) groups is 2. The van der Waals surface area contributed by atoms with E-state index in [1.807, 2.05) is 23.1 Å². The van der Waals surface area contributed by atoms with E-state index < -0.39 is 5.41 Å². The first kappa shape index (κ1) is 17.7. The van der Waals surface area contributed by atoms with Crippen molar-refractivity contribution in [1.29, 1.82) is 0 Å². The third-order valence-corrected chi connectivity index (χ3v) is 5.41. The summed E-state index contributed by atoms with van der Waals surface area (Å²) in [5.41, 5.74) is 0.464. The first-order chi connectivity index (χ1) is 12.1. The van der Waals surface area contributed by atoms with Crippen molar-refractivity contribution < 1.29 is 19.1 Å². The number of benzene rings is 1. The molecule has 2 aliphatic rings. The second-order valence-corrected chi connectivity index (χ2v) is 7.03. The number of rotatable bonds is 4. The van der Waals surface area contributed by atoms with E-state index in [4.69, 9.17) is 9.47 Å². The maximum Gasteiger partial charge on any atom is 0.317 e. The first-order valence-electron chi connectivity index (χ1n) is 8.83. The van der Waals surface area contributed by atoms with Crippen molar-refractivity contribution in [2.45, 2.75) is 25.8 Å². The Bertz CT molecular complexity index is 613. The largest absolute Gasteiger partial charge is 0.469 e. The number of amides is 2. The van der Waals surface area contributed by atoms with E-state index in [2.05, 4.69) is 24.4 Å². The van der Waals surface area contributed by atoms with Gasteiger partial charge >= 0.3 is 12.0 Å². The highest BCUT2D eigenvalue weighted by Gasteiger charge is 2.44. The van der Waals surface area contributed by atoms with Gasteiger partial charge in [0, 0.05) is 26.3 Å². The summed E-state index contributed by atoms with van der Waals surface area (Å²) in [6.07, 6.45) is 1.14. The fourth-order valence-electron chi connectivity index (χ4n) is 3.84. The molecule has 136 valence electrons. The highest BCUT2D eigenvalue weighted by molar-refractivity contribution is 5.80. The van der Waals surface area contributed by atoms with Gasteiger partial charge in [-0.15, -0.1) is 0 Å². The van der Waals surface area contributed by atoms with Gasteiger partial charge in [0.25, 0.3) is 0 Å². The van der Waals surface area contributed by atoms with Gasteiger partial charge < -0.3 is 19.7 Å². The van der Waals surface area contributed by atoms with Gasteiger partial charge in [-0.05, 0) is 24.3 Å². The van der Waals surface area contributed by atoms with Crippen LogP contribution in [-0.2, 0) is 14.3 Å². The lowest BCUT2D eigenvalue weighted by molar-refractivity contribution is -0.158. The summed E-state index contributed by atoms with van der Waals surface area (Å²) >= 11 is 0. The van der Waals surface area contributed by atoms with Crippen LogP contribution in [0.5, 0.6) is 0 Å². The van der Waals surface area contributed by atoms with Crippen LogP contribution in [0.4, 0.5) is 4.79 Å². The van der Waals surface area contributed by atoms with Crippen LogP contribution in [0.3, 0.4) is 0 Å². The normalized spacial score (nSPS) is 25.0. The summed E-state index contributed by atoms with van der Waals surface area (Å²) in [4.78, 5) is 26.8. The summed E-state index contributed by atoms with van der Waals surface area (Å²) in [5.74, 6) is 0.151. The topological polar surface area (TPSA) is 67.9 Å². The van der Waals surface area contributed by atoms with E-state index in [0.717, 1.165) is 12.1 Å². The molecule has 2 saturated heterocycles. The van der Waals surface area contributed by atoms with Gasteiger partial charge in [0.15, 0.2) is 0 Å². The van der Waals surface area contributed by atoms with Crippen LogP contribution in [0, 0.1) is 11.3 Å². The van der Waals surface area contributed by atoms with Crippen molar-refractivity contribution in [2.24, 2.45) is 11.3 Å². The van der Waals surface area contributed by atoms with Crippen LogP contribution in [0.1, 0.15) is 31.4 Å². The Morgan fingerprint density at radius 2 is 1.96 bits per heavy atom. The Hall–Kier alpha value is -2.08. The average Bonchev–Trinajstić information content (AvgIpc) is 2.65. The van der Waals surface area contributed by atoms with Crippen LogP contribution in [-0.4, -0.2) is 50.3 Å². The van der Waals surface area contributed by atoms with Crippen LogP contribution < -0.4 is 5.32 Å². The smallest absolute Gasteiger partial charge is 0.317 e. The van der Waals surface area contributed by atoms with Crippen LogP contribution in [0.2, 0.25) is 0 Å². The summed E-state index contributed by atoms with van der Waals surface area (Å²) in [6, 6.07) is 10.0. The number of methoxy groups -OCH3 is 1. The summed E-state index contributed by atoms with van der Waals surface area (Å²) in [6.45, 7) is 4.18. The zero-order valence-corrected chi connectivity index (χ0v) is 14.9. The molecule has 0 saturated carbocycles. The molecule has 0 spiro atoms. The van der Waals surface area contributed by atoms with Gasteiger partial charge in [-0.3, -0.25) is 4.79 Å². The van der Waals surface area contributed by atoms with Crippen molar-refractivity contribution in [3.63, 3.8) is 0 Å². The molecule has 1 aromatic rings. The molecule has 2 fully saturated rings. The molecular weight excluding hydrogens is 320 g/mol. The predicted molar refractivity (Wildman–Crippen MR) is 93.0 cm³/mol. The number of ether oxygens (including phenoxy) is 2. The molecule has 0 aliphatic carbocycles. The molecule has 25 heavy (non-hydrogen) atoms. The van der Waals surface area contributed by atoms with Gasteiger partial charge in [0.2, 0.25) is 0 Å². The minimum absolute atomic E-state index is 0.0879. The zero-order chi connectivity index (χ0) is 17.9. The van der Waals surface area contributed by atoms with Crippen molar-refractivity contribution in [2.75, 3.05) is 33.4 Å². The van der Waals surface area contributed by atoms with Gasteiger partial charge in [0.05, 0.1) is 18.6 Å². The molecular formula is C19H26N2O4. The van der Waals surface area contributed by atoms with Gasteiger partial charge in [0.1, 0.15) is 0 Å². The number of nitrogens with one attached hydrogen (secondary N) is 1. The molecule has 6 heteroatoms. The standard InChI is InChI=1S/C19H26N2O4/c1-14-12-21(16(14)15-6-4-3-5-7-15)18(23)20-13-19(17(22)24-2)8-10-25-11-9-19/h3-7,14,16H,8-13H2,1-2H3,(H,20,23)/t14-,16-/m0/s1. The number of hydrogen-bond acceptors (Lipinski definition) is 4. The minimum atomic E-state index is -0.679. The third-order valence-electron chi connectivity index (χ3n) is 5.41. The molecule has 1 N–H and O–H groups in total. The number of esters is 1. The van der Waals surface area contributed by atoms with E-state index in [9.17, 15) is 9.59 Å². The first-order valence-corrected chi connectivity index (χ1v) is 8.83. The number of hydrogen-bond donors (Lipinski definition) is 1. The Kier molecular flexibility index (Phi) is 5.27. The number of nitrogens with zero attached hydrogens (tertiary/aromatic N) is 1. The van der Waals surface area contributed by atoms with Crippen molar-refractivity contribution in [1.82, 2.24) is 10.2 Å². The van der Waals surface area contributed by atoms with E-state index >= 15 is 0 Å². The highest BCUT2D eigenvalue weighted by atomic mass is 16.5. The molecule has 2 atom stereocenters. The Morgan fingerprint density at radius 3 is 2.56 bits per heavy atom. The molecule has 2 aliphatic heterocycles. The quantitative estimate of drug-likeness (QED) is 0.850. The average molecular weight is 346 g/mol. The zero-order valence-electron chi connectivity index (χ0n) is 14.9. The van der Waals surface area contributed by atoms with Crippen LogP contribution in [0.25, 0.3) is 0 Å². The summed E-state index contributed by atoms with van der Waals surface area (Å²) in [7, 11) is 1.39.